The Labute approximate surface area is 108 Å². The summed E-state index contributed by atoms with van der Waals surface area (Å²) in [6.07, 6.45) is 4.44. The van der Waals surface area contributed by atoms with Crippen LogP contribution in [0.3, 0.4) is 0 Å². The van der Waals surface area contributed by atoms with E-state index in [-0.39, 0.29) is 5.91 Å². The topological polar surface area (TPSA) is 61.9 Å². The maximum Gasteiger partial charge on any atom is 0.224 e. The molecule has 0 N–H and O–H groups in total. The second kappa shape index (κ2) is 6.48. The highest BCUT2D eigenvalue weighted by atomic mass is 127. The predicted octanol–water partition coefficient (Wildman–Crippen LogP) is 1.25. The van der Waals surface area contributed by atoms with E-state index < -0.39 is 0 Å². The van der Waals surface area contributed by atoms with Crippen LogP contribution in [0.2, 0.25) is 0 Å². The first-order chi connectivity index (χ1) is 7.63. The first-order valence-corrected chi connectivity index (χ1v) is 6.00. The Morgan fingerprint density at radius 1 is 1.75 bits per heavy atom. The molecule has 5 nitrogen and oxygen atoms in total. The number of nitrogens with zero attached hydrogens (tertiary/aromatic N) is 4. The highest BCUT2D eigenvalue weighted by Crippen LogP contribution is 2.02. The second-order valence-electron chi connectivity index (χ2n) is 3.40. The van der Waals surface area contributed by atoms with Crippen LogP contribution in [0.1, 0.15) is 12.8 Å². The van der Waals surface area contributed by atoms with E-state index in [1.807, 2.05) is 12.3 Å². The molecule has 0 aliphatic heterocycles. The molecule has 0 aromatic carbocycles. The molecule has 16 heavy (non-hydrogen) atoms. The van der Waals surface area contributed by atoms with Gasteiger partial charge in [-0.25, -0.2) is 0 Å². The Hall–Kier alpha value is -1.10. The molecular weight excluding hydrogens is 319 g/mol. The van der Waals surface area contributed by atoms with Gasteiger partial charge in [0.2, 0.25) is 5.91 Å². The molecule has 1 heterocycles. The lowest BCUT2D eigenvalue weighted by Gasteiger charge is -2.15. The quantitative estimate of drug-likeness (QED) is 0.763. The number of hydrogen-bond donors (Lipinski definition) is 0. The Kier molecular flexibility index (Phi) is 5.25. The summed E-state index contributed by atoms with van der Waals surface area (Å²) >= 11 is 2.17. The van der Waals surface area contributed by atoms with Crippen LogP contribution in [0.25, 0.3) is 0 Å². The van der Waals surface area contributed by atoms with Crippen molar-refractivity contribution in [2.75, 3.05) is 13.6 Å². The van der Waals surface area contributed by atoms with Gasteiger partial charge in [0.25, 0.3) is 0 Å². The van der Waals surface area contributed by atoms with E-state index in [1.54, 1.807) is 22.8 Å². The fourth-order valence-electron chi connectivity index (χ4n) is 1.20. The molecule has 0 spiro atoms. The molecule has 0 atom stereocenters. The highest BCUT2D eigenvalue weighted by Gasteiger charge is 2.08. The third kappa shape index (κ3) is 4.18. The monoisotopic (exact) mass is 332 g/mol. The fraction of sp³-hybridized carbons (Fsp3) is 0.500. The van der Waals surface area contributed by atoms with Crippen LogP contribution in [0, 0.1) is 14.9 Å². The smallest absolute Gasteiger partial charge is 0.224 e. The van der Waals surface area contributed by atoms with E-state index in [0.717, 1.165) is 3.57 Å². The summed E-state index contributed by atoms with van der Waals surface area (Å²) in [4.78, 5) is 13.2. The first-order valence-electron chi connectivity index (χ1n) is 4.92. The van der Waals surface area contributed by atoms with Crippen molar-refractivity contribution in [1.82, 2.24) is 14.7 Å². The zero-order chi connectivity index (χ0) is 12.0. The minimum atomic E-state index is 0.0424. The Balaban J connectivity index is 2.32. The Morgan fingerprint density at radius 2 is 2.50 bits per heavy atom. The molecule has 0 aliphatic carbocycles. The number of aromatic nitrogens is 2. The lowest BCUT2D eigenvalue weighted by atomic mass is 10.3. The molecule has 0 radical (unpaired) electrons. The summed E-state index contributed by atoms with van der Waals surface area (Å²) in [6, 6.07) is 2.02. The van der Waals surface area contributed by atoms with Gasteiger partial charge >= 0.3 is 0 Å². The Morgan fingerprint density at radius 3 is 3.06 bits per heavy atom. The van der Waals surface area contributed by atoms with Crippen LogP contribution < -0.4 is 0 Å². The third-order valence-electron chi connectivity index (χ3n) is 2.14. The number of rotatable bonds is 5. The second-order valence-corrected chi connectivity index (χ2v) is 4.64. The van der Waals surface area contributed by atoms with Crippen LogP contribution in [0.15, 0.2) is 12.4 Å². The van der Waals surface area contributed by atoms with Crippen LogP contribution in [-0.4, -0.2) is 34.2 Å². The van der Waals surface area contributed by atoms with Gasteiger partial charge in [0.1, 0.15) is 0 Å². The number of hydrogen-bond acceptors (Lipinski definition) is 3. The van der Waals surface area contributed by atoms with E-state index >= 15 is 0 Å². The summed E-state index contributed by atoms with van der Waals surface area (Å²) in [5.41, 5.74) is 0. The van der Waals surface area contributed by atoms with E-state index in [9.17, 15) is 4.79 Å². The summed E-state index contributed by atoms with van der Waals surface area (Å²) in [5.74, 6) is 0.0424. The predicted molar refractivity (Wildman–Crippen MR) is 67.4 cm³/mol. The first kappa shape index (κ1) is 13.0. The molecule has 1 rings (SSSR count). The maximum atomic E-state index is 11.6. The normalized spacial score (nSPS) is 9.81. The van der Waals surface area contributed by atoms with Gasteiger partial charge in [0.15, 0.2) is 0 Å². The van der Waals surface area contributed by atoms with Gasteiger partial charge in [-0.1, -0.05) is 0 Å². The van der Waals surface area contributed by atoms with Gasteiger partial charge in [-0.05, 0) is 22.6 Å². The lowest BCUT2D eigenvalue weighted by molar-refractivity contribution is -0.130. The van der Waals surface area contributed by atoms with Gasteiger partial charge in [0, 0.05) is 32.8 Å². The van der Waals surface area contributed by atoms with Crippen molar-refractivity contribution in [1.29, 1.82) is 5.26 Å². The molecule has 1 amide bonds. The summed E-state index contributed by atoms with van der Waals surface area (Å²) in [7, 11) is 1.71. The average molecular weight is 332 g/mol. The molecule has 0 unspecified atom stereocenters. The van der Waals surface area contributed by atoms with Gasteiger partial charge in [-0.15, -0.1) is 0 Å². The number of nitriles is 1. The van der Waals surface area contributed by atoms with Crippen molar-refractivity contribution >= 4 is 28.5 Å². The zero-order valence-corrected chi connectivity index (χ0v) is 11.2. The van der Waals surface area contributed by atoms with Gasteiger partial charge in [-0.3, -0.25) is 9.48 Å². The zero-order valence-electron chi connectivity index (χ0n) is 9.06. The molecule has 0 bridgehead atoms. The van der Waals surface area contributed by atoms with Crippen molar-refractivity contribution in [2.45, 2.75) is 19.4 Å². The van der Waals surface area contributed by atoms with E-state index in [4.69, 9.17) is 5.26 Å². The summed E-state index contributed by atoms with van der Waals surface area (Å²) < 4.78 is 2.81. The summed E-state index contributed by atoms with van der Waals surface area (Å²) in [5, 5.41) is 12.5. The van der Waals surface area contributed by atoms with Crippen molar-refractivity contribution in [2.24, 2.45) is 0 Å². The molecule has 0 aliphatic rings. The average Bonchev–Trinajstić information content (AvgIpc) is 2.68. The maximum absolute atomic E-state index is 11.6. The minimum Gasteiger partial charge on any atom is -0.345 e. The highest BCUT2D eigenvalue weighted by molar-refractivity contribution is 14.1. The van der Waals surface area contributed by atoms with E-state index in [2.05, 4.69) is 27.7 Å². The standard InChI is InChI=1S/C10H13IN4O/c1-14(5-2-4-12)10(16)3-6-15-8-9(11)7-13-15/h7-8H,2-3,5-6H2,1H3. The van der Waals surface area contributed by atoms with Crippen molar-refractivity contribution in [3.8, 4) is 6.07 Å². The number of aryl methyl sites for hydroxylation is 1. The van der Waals surface area contributed by atoms with Gasteiger partial charge in [0.05, 0.1) is 22.3 Å². The molecule has 6 heteroatoms. The third-order valence-corrected chi connectivity index (χ3v) is 2.70. The number of carbonyl (C=O) groups excluding carboxylic acids is 1. The number of halogens is 1. The van der Waals surface area contributed by atoms with Crippen molar-refractivity contribution in [3.05, 3.63) is 16.0 Å². The van der Waals surface area contributed by atoms with Crippen LogP contribution in [-0.2, 0) is 11.3 Å². The molecular formula is C10H13IN4O. The van der Waals surface area contributed by atoms with Crippen molar-refractivity contribution < 1.29 is 4.79 Å². The van der Waals surface area contributed by atoms with Crippen LogP contribution in [0.4, 0.5) is 0 Å². The van der Waals surface area contributed by atoms with Gasteiger partial charge in [-0.2, -0.15) is 10.4 Å². The Bertz CT molecular complexity index is 396. The largest absolute Gasteiger partial charge is 0.345 e. The lowest BCUT2D eigenvalue weighted by Crippen LogP contribution is -2.28. The molecule has 1 aromatic rings. The van der Waals surface area contributed by atoms with Crippen LogP contribution >= 0.6 is 22.6 Å². The SMILES string of the molecule is CN(CCC#N)C(=O)CCn1cc(I)cn1. The molecule has 1 aromatic heterocycles. The number of carbonyl (C=O) groups is 1. The van der Waals surface area contributed by atoms with Gasteiger partial charge < -0.3 is 4.90 Å². The number of amides is 1. The molecule has 0 fully saturated rings. The van der Waals surface area contributed by atoms with Crippen molar-refractivity contribution in [3.63, 3.8) is 0 Å². The molecule has 86 valence electrons. The van der Waals surface area contributed by atoms with E-state index in [1.165, 1.54) is 0 Å². The van der Waals surface area contributed by atoms with Crippen LogP contribution in [0.5, 0.6) is 0 Å². The summed E-state index contributed by atoms with van der Waals surface area (Å²) in [6.45, 7) is 1.07. The fourth-order valence-corrected chi connectivity index (χ4v) is 1.65. The minimum absolute atomic E-state index is 0.0424. The molecule has 0 saturated carbocycles. The molecule has 0 saturated heterocycles. The van der Waals surface area contributed by atoms with E-state index in [0.29, 0.717) is 25.9 Å².